The number of ketones is 2. The van der Waals surface area contributed by atoms with E-state index in [1.165, 1.54) is 0 Å². The van der Waals surface area contributed by atoms with Gasteiger partial charge in [0.05, 0.1) is 0 Å². The second-order valence-electron chi connectivity index (χ2n) is 9.76. The van der Waals surface area contributed by atoms with E-state index in [2.05, 4.69) is 18.5 Å². The number of para-hydroxylation sites is 1. The summed E-state index contributed by atoms with van der Waals surface area (Å²) in [6.07, 6.45) is 7.72. The Morgan fingerprint density at radius 3 is 2.07 bits per heavy atom. The number of benzene rings is 4. The van der Waals surface area contributed by atoms with Crippen molar-refractivity contribution in [3.8, 4) is 5.75 Å². The van der Waals surface area contributed by atoms with Crippen molar-refractivity contribution >= 4 is 34.8 Å². The molecule has 0 fully saturated rings. The second-order valence-corrected chi connectivity index (χ2v) is 9.76. The molecule has 0 aliphatic heterocycles. The number of nitrogens with zero attached hydrogens (tertiary/aromatic N) is 1. The molecule has 0 saturated heterocycles. The third-order valence-corrected chi connectivity index (χ3v) is 7.09. The predicted octanol–water partition coefficient (Wildman–Crippen LogP) is 7.61. The van der Waals surface area contributed by atoms with Gasteiger partial charge in [0.25, 0.3) is 0 Å². The van der Waals surface area contributed by atoms with Crippen LogP contribution in [0.15, 0.2) is 157 Å². The molecule has 204 valence electrons. The Balaban J connectivity index is 1.54. The molecule has 5 heteroatoms. The molecule has 0 atom stereocenters. The molecule has 0 saturated carbocycles. The van der Waals surface area contributed by atoms with Crippen molar-refractivity contribution in [1.29, 1.82) is 0 Å². The fourth-order valence-corrected chi connectivity index (χ4v) is 4.80. The number of Topliss-reactive ketones (excluding diaryl/α,β-unsaturated/α-hetero) is 1. The van der Waals surface area contributed by atoms with Crippen molar-refractivity contribution in [3.63, 3.8) is 0 Å². The number of rotatable bonds is 11. The van der Waals surface area contributed by atoms with Gasteiger partial charge in [-0.15, -0.1) is 0 Å². The van der Waals surface area contributed by atoms with E-state index >= 15 is 0 Å². The van der Waals surface area contributed by atoms with Gasteiger partial charge in [-0.25, -0.2) is 0 Å². The molecule has 42 heavy (non-hydrogen) atoms. The first-order valence-electron chi connectivity index (χ1n) is 13.9. The van der Waals surface area contributed by atoms with Crippen LogP contribution < -0.4 is 10.1 Å². The van der Waals surface area contributed by atoms with E-state index in [1.807, 2.05) is 109 Å². The van der Waals surface area contributed by atoms with Crippen molar-refractivity contribution < 1.29 is 14.2 Å². The largest absolute Gasteiger partial charge is 0.550 e. The predicted molar refractivity (Wildman–Crippen MR) is 172 cm³/mol. The van der Waals surface area contributed by atoms with Crippen molar-refractivity contribution in [2.75, 3.05) is 0 Å². The van der Waals surface area contributed by atoms with Crippen LogP contribution in [0.2, 0.25) is 0 Å². The van der Waals surface area contributed by atoms with Gasteiger partial charge in [0.15, 0.2) is 11.6 Å². The topological polar surface area (TPSA) is 56.3 Å². The summed E-state index contributed by atoms with van der Waals surface area (Å²) in [5.74, 6) is 0.508. The highest BCUT2D eigenvalue weighted by Gasteiger charge is 2.26. The summed E-state index contributed by atoms with van der Waals surface area (Å²) in [5.41, 5.74) is 4.91. The highest BCUT2D eigenvalue weighted by Crippen LogP contribution is 2.25. The Labute approximate surface area is 246 Å². The van der Waals surface area contributed by atoms with Gasteiger partial charge in [-0.3, -0.25) is 14.6 Å². The number of fused-ring (bicyclic) bond motifs is 1. The monoisotopic (exact) mass is 547 g/mol. The lowest BCUT2D eigenvalue weighted by atomic mass is 9.53. The van der Waals surface area contributed by atoms with E-state index < -0.39 is 6.92 Å². The molecule has 1 heterocycles. The van der Waals surface area contributed by atoms with Crippen LogP contribution in [0.5, 0.6) is 5.75 Å². The van der Waals surface area contributed by atoms with Crippen molar-refractivity contribution in [2.24, 2.45) is 0 Å². The molecular formula is C37H30BNO3. The van der Waals surface area contributed by atoms with Crippen molar-refractivity contribution in [1.82, 2.24) is 4.98 Å². The number of aromatic nitrogens is 1. The first kappa shape index (κ1) is 28.3. The SMILES string of the molecule is C=C/C(=C\C=C(/CC)B(Oc1cccc2cccnc12)c1ccc(C(=O)c2ccccc2)cc1)C(=O)c1ccccc1. The lowest BCUT2D eigenvalue weighted by Crippen LogP contribution is -2.39. The third-order valence-electron chi connectivity index (χ3n) is 7.09. The number of carbonyl (C=O) groups excluding carboxylic acids is 2. The second kappa shape index (κ2) is 13.4. The van der Waals surface area contributed by atoms with E-state index in [9.17, 15) is 9.59 Å². The molecule has 0 aliphatic carbocycles. The van der Waals surface area contributed by atoms with Crippen LogP contribution >= 0.6 is 0 Å². The van der Waals surface area contributed by atoms with Crippen LogP contribution in [0, 0.1) is 0 Å². The number of hydrogen-bond donors (Lipinski definition) is 0. The molecule has 4 aromatic carbocycles. The maximum Gasteiger partial charge on any atom is 0.422 e. The smallest absolute Gasteiger partial charge is 0.422 e. The van der Waals surface area contributed by atoms with Crippen LogP contribution in [0.4, 0.5) is 0 Å². The summed E-state index contributed by atoms with van der Waals surface area (Å²) >= 11 is 0. The Morgan fingerprint density at radius 2 is 1.40 bits per heavy atom. The molecule has 0 unspecified atom stereocenters. The van der Waals surface area contributed by atoms with E-state index in [1.54, 1.807) is 30.5 Å². The van der Waals surface area contributed by atoms with Gasteiger partial charge in [-0.1, -0.05) is 140 Å². The number of hydrogen-bond acceptors (Lipinski definition) is 4. The van der Waals surface area contributed by atoms with Gasteiger partial charge in [-0.05, 0) is 24.0 Å². The molecule has 0 radical (unpaired) electrons. The Morgan fingerprint density at radius 1 is 0.762 bits per heavy atom. The molecule has 0 amide bonds. The summed E-state index contributed by atoms with van der Waals surface area (Å²) in [6, 6.07) is 35.7. The van der Waals surface area contributed by atoms with Crippen LogP contribution in [-0.2, 0) is 0 Å². The Hall–Kier alpha value is -5.29. The van der Waals surface area contributed by atoms with Crippen LogP contribution in [0.3, 0.4) is 0 Å². The lowest BCUT2D eigenvalue weighted by Gasteiger charge is -2.20. The fraction of sp³-hybridized carbons (Fsp3) is 0.0541. The van der Waals surface area contributed by atoms with Crippen LogP contribution in [-0.4, -0.2) is 23.5 Å². The molecule has 0 spiro atoms. The molecule has 0 aliphatic rings. The number of allylic oxidation sites excluding steroid dienone is 5. The zero-order valence-corrected chi connectivity index (χ0v) is 23.4. The van der Waals surface area contributed by atoms with Gasteiger partial charge in [-0.2, -0.15) is 0 Å². The molecule has 5 aromatic rings. The van der Waals surface area contributed by atoms with Gasteiger partial charge in [0.2, 0.25) is 0 Å². The molecule has 4 nitrogen and oxygen atoms in total. The van der Waals surface area contributed by atoms with E-state index in [4.69, 9.17) is 4.65 Å². The Bertz CT molecular complexity index is 1770. The molecular weight excluding hydrogens is 517 g/mol. The molecule has 1 aromatic heterocycles. The van der Waals surface area contributed by atoms with E-state index in [-0.39, 0.29) is 11.6 Å². The zero-order chi connectivity index (χ0) is 29.3. The van der Waals surface area contributed by atoms with Gasteiger partial charge in [0, 0.05) is 33.8 Å². The quantitative estimate of drug-likeness (QED) is 0.0739. The normalized spacial score (nSPS) is 11.6. The minimum atomic E-state index is -0.488. The zero-order valence-electron chi connectivity index (χ0n) is 23.4. The lowest BCUT2D eigenvalue weighted by molar-refractivity contribution is 0.103. The first-order chi connectivity index (χ1) is 20.6. The number of pyridine rings is 1. The van der Waals surface area contributed by atoms with Crippen LogP contribution in [0.25, 0.3) is 10.9 Å². The first-order valence-corrected chi connectivity index (χ1v) is 13.9. The summed E-state index contributed by atoms with van der Waals surface area (Å²) in [5, 5.41) is 0.974. The minimum Gasteiger partial charge on any atom is -0.550 e. The molecule has 0 N–H and O–H groups in total. The van der Waals surface area contributed by atoms with Crippen molar-refractivity contribution in [2.45, 2.75) is 13.3 Å². The maximum atomic E-state index is 13.1. The van der Waals surface area contributed by atoms with Gasteiger partial charge < -0.3 is 4.65 Å². The third kappa shape index (κ3) is 6.37. The summed E-state index contributed by atoms with van der Waals surface area (Å²) < 4.78 is 6.71. The van der Waals surface area contributed by atoms with E-state index in [0.29, 0.717) is 34.4 Å². The fourth-order valence-electron chi connectivity index (χ4n) is 4.80. The highest BCUT2D eigenvalue weighted by molar-refractivity contribution is 6.75. The highest BCUT2D eigenvalue weighted by atomic mass is 16.4. The summed E-state index contributed by atoms with van der Waals surface area (Å²) in [6.45, 7) is 5.44. The molecule has 5 rings (SSSR count). The average Bonchev–Trinajstić information content (AvgIpc) is 3.06. The summed E-state index contributed by atoms with van der Waals surface area (Å²) in [4.78, 5) is 30.7. The summed E-state index contributed by atoms with van der Waals surface area (Å²) in [7, 11) is 0. The van der Waals surface area contributed by atoms with E-state index in [0.717, 1.165) is 21.8 Å². The Kier molecular flexibility index (Phi) is 9.00. The minimum absolute atomic E-state index is 0.0397. The average molecular weight is 547 g/mol. The van der Waals surface area contributed by atoms with Crippen LogP contribution in [0.1, 0.15) is 39.6 Å². The van der Waals surface area contributed by atoms with Crippen molar-refractivity contribution in [3.05, 3.63) is 174 Å². The van der Waals surface area contributed by atoms with Gasteiger partial charge >= 0.3 is 6.92 Å². The maximum absolute atomic E-state index is 13.1. The van der Waals surface area contributed by atoms with Gasteiger partial charge in [0.1, 0.15) is 11.3 Å². The molecule has 0 bridgehead atoms. The standard InChI is InChI=1S/C37H30BNO3/c1-3-27(36(40)29-13-7-5-8-14-29)20-23-32(4-2)38(42-34-19-11-17-28-18-12-26-39-35(28)34)33-24-21-31(22-25-33)37(41)30-15-9-6-10-16-30/h3,5-26H,1,4H2,2H3/b27-20+,32-23+. The number of carbonyl (C=O) groups is 2.